The van der Waals surface area contributed by atoms with Crippen LogP contribution < -0.4 is 15.5 Å². The van der Waals surface area contributed by atoms with E-state index < -0.39 is 11.7 Å². The van der Waals surface area contributed by atoms with Gasteiger partial charge in [-0.15, -0.1) is 0 Å². The van der Waals surface area contributed by atoms with Crippen molar-refractivity contribution in [3.63, 3.8) is 0 Å². The topological polar surface area (TPSA) is 74.3 Å². The lowest BCUT2D eigenvalue weighted by atomic mass is 10.0. The lowest BCUT2D eigenvalue weighted by molar-refractivity contribution is -0.137. The van der Waals surface area contributed by atoms with Crippen LogP contribution >= 0.6 is 11.8 Å². The summed E-state index contributed by atoms with van der Waals surface area (Å²) >= 11 is 1.65. The smallest absolute Gasteiger partial charge is 0.385 e. The van der Waals surface area contributed by atoms with E-state index >= 15 is 0 Å². The first-order valence-electron chi connectivity index (χ1n) is 15.5. The number of benzene rings is 3. The lowest BCUT2D eigenvalue weighted by Gasteiger charge is -2.29. The highest BCUT2D eigenvalue weighted by molar-refractivity contribution is 7.98. The van der Waals surface area contributed by atoms with Gasteiger partial charge < -0.3 is 20.3 Å². The number of nitrogens with one attached hydrogen (secondary N) is 2. The van der Waals surface area contributed by atoms with E-state index in [0.29, 0.717) is 47.6 Å². The predicted molar refractivity (Wildman–Crippen MR) is 181 cm³/mol. The third kappa shape index (κ3) is 9.13. The van der Waals surface area contributed by atoms with Gasteiger partial charge in [0.15, 0.2) is 0 Å². The molecule has 0 atom stereocenters. The Balaban J connectivity index is 1.35. The monoisotopic (exact) mass is 646 g/mol. The zero-order valence-corrected chi connectivity index (χ0v) is 26.3. The minimum atomic E-state index is -4.38. The van der Waals surface area contributed by atoms with Crippen LogP contribution in [-0.2, 0) is 23.1 Å². The molecular formula is C36H37F3N4O2S. The van der Waals surface area contributed by atoms with Crippen molar-refractivity contribution in [2.24, 2.45) is 0 Å². The van der Waals surface area contributed by atoms with Gasteiger partial charge >= 0.3 is 6.18 Å². The van der Waals surface area contributed by atoms with Gasteiger partial charge in [-0.2, -0.15) is 24.9 Å². The quantitative estimate of drug-likeness (QED) is 0.112. The van der Waals surface area contributed by atoms with E-state index in [-0.39, 0.29) is 5.91 Å². The summed E-state index contributed by atoms with van der Waals surface area (Å²) in [5.41, 5.74) is 5.40. The van der Waals surface area contributed by atoms with Gasteiger partial charge in [0.25, 0.3) is 5.91 Å². The van der Waals surface area contributed by atoms with Crippen molar-refractivity contribution >= 4 is 41.0 Å². The largest absolute Gasteiger partial charge is 0.416 e. The van der Waals surface area contributed by atoms with Crippen molar-refractivity contribution in [2.75, 3.05) is 40.9 Å². The SMILES string of the molecule is O=CCCSCc1cccc(C(=O)Nc2ccc(N3CCCCC3)cc2-c2cc(NCCc3cccc(C(F)(F)F)c3)ccn2)c1. The Kier molecular flexibility index (Phi) is 11.4. The van der Waals surface area contributed by atoms with E-state index in [2.05, 4.69) is 26.6 Å². The summed E-state index contributed by atoms with van der Waals surface area (Å²) in [6, 6.07) is 22.6. The second kappa shape index (κ2) is 15.8. The molecule has 0 radical (unpaired) electrons. The molecular weight excluding hydrogens is 609 g/mol. The molecule has 46 heavy (non-hydrogen) atoms. The molecule has 1 amide bonds. The van der Waals surface area contributed by atoms with E-state index in [1.807, 2.05) is 42.5 Å². The summed E-state index contributed by atoms with van der Waals surface area (Å²) in [4.78, 5) is 31.1. The first-order chi connectivity index (χ1) is 22.3. The Morgan fingerprint density at radius 1 is 0.935 bits per heavy atom. The number of rotatable bonds is 13. The average molecular weight is 647 g/mol. The van der Waals surface area contributed by atoms with Gasteiger partial charge in [-0.05, 0) is 85.3 Å². The van der Waals surface area contributed by atoms with Crippen LogP contribution in [0.25, 0.3) is 11.3 Å². The van der Waals surface area contributed by atoms with Gasteiger partial charge in [-0.25, -0.2) is 0 Å². The number of carbonyl (C=O) groups excluding carboxylic acids is 2. The van der Waals surface area contributed by atoms with Crippen molar-refractivity contribution in [1.29, 1.82) is 0 Å². The Hall–Kier alpha value is -4.31. The molecule has 0 bridgehead atoms. The molecule has 2 heterocycles. The Bertz CT molecular complexity index is 1640. The van der Waals surface area contributed by atoms with Gasteiger partial charge in [-0.1, -0.05) is 30.3 Å². The van der Waals surface area contributed by atoms with E-state index in [9.17, 15) is 22.8 Å². The number of carbonyl (C=O) groups is 2. The van der Waals surface area contributed by atoms with Crippen LogP contribution in [0.3, 0.4) is 0 Å². The average Bonchev–Trinajstić information content (AvgIpc) is 3.07. The number of halogens is 3. The number of pyridine rings is 1. The fourth-order valence-electron chi connectivity index (χ4n) is 5.46. The van der Waals surface area contributed by atoms with Crippen LogP contribution in [0.15, 0.2) is 85.1 Å². The number of thioether (sulfide) groups is 1. The number of aromatic nitrogens is 1. The number of amides is 1. The maximum Gasteiger partial charge on any atom is 0.416 e. The molecule has 1 aromatic heterocycles. The van der Waals surface area contributed by atoms with Crippen LogP contribution in [0, 0.1) is 0 Å². The highest BCUT2D eigenvalue weighted by Crippen LogP contribution is 2.34. The van der Waals surface area contributed by atoms with E-state index in [4.69, 9.17) is 0 Å². The number of nitrogens with zero attached hydrogens (tertiary/aromatic N) is 2. The van der Waals surface area contributed by atoms with Crippen LogP contribution in [0.2, 0.25) is 0 Å². The van der Waals surface area contributed by atoms with Gasteiger partial charge in [0.05, 0.1) is 16.9 Å². The zero-order valence-electron chi connectivity index (χ0n) is 25.5. The van der Waals surface area contributed by atoms with E-state index in [0.717, 1.165) is 66.5 Å². The molecule has 0 saturated carbocycles. The van der Waals surface area contributed by atoms with Crippen LogP contribution in [-0.4, -0.2) is 42.6 Å². The van der Waals surface area contributed by atoms with Gasteiger partial charge in [0.1, 0.15) is 6.29 Å². The number of anilines is 3. The maximum atomic E-state index is 13.5. The molecule has 1 fully saturated rings. The van der Waals surface area contributed by atoms with Crippen molar-refractivity contribution in [3.05, 3.63) is 107 Å². The van der Waals surface area contributed by atoms with Crippen molar-refractivity contribution in [3.8, 4) is 11.3 Å². The van der Waals surface area contributed by atoms with Gasteiger partial charge in [0, 0.05) is 66.3 Å². The highest BCUT2D eigenvalue weighted by Gasteiger charge is 2.30. The molecule has 6 nitrogen and oxygen atoms in total. The Morgan fingerprint density at radius 2 is 1.74 bits per heavy atom. The standard InChI is InChI=1S/C36H37F3N4O2S/c37-36(38,39)29-10-5-7-26(22-29)13-15-40-30-14-16-41-34(23-30)32-24-31(43-17-2-1-3-18-43)11-12-33(32)42-35(45)28-9-4-8-27(21-28)25-46-20-6-19-44/h4-5,7-12,14,16,19,21-24H,1-3,6,13,15,17-18,20,25H2,(H,40,41)(H,42,45). The van der Waals surface area contributed by atoms with Gasteiger partial charge in [-0.3, -0.25) is 9.78 Å². The van der Waals surface area contributed by atoms with Crippen molar-refractivity contribution < 1.29 is 22.8 Å². The molecule has 1 saturated heterocycles. The minimum Gasteiger partial charge on any atom is -0.385 e. The molecule has 0 spiro atoms. The summed E-state index contributed by atoms with van der Waals surface area (Å²) in [7, 11) is 0. The number of piperidine rings is 1. The number of hydrogen-bond donors (Lipinski definition) is 2. The number of hydrogen-bond acceptors (Lipinski definition) is 6. The number of alkyl halides is 3. The third-order valence-corrected chi connectivity index (χ3v) is 8.91. The van der Waals surface area contributed by atoms with E-state index in [1.54, 1.807) is 30.1 Å². The molecule has 1 aliphatic heterocycles. The second-order valence-electron chi connectivity index (χ2n) is 11.2. The molecule has 5 rings (SSSR count). The molecule has 3 aromatic carbocycles. The molecule has 4 aromatic rings. The lowest BCUT2D eigenvalue weighted by Crippen LogP contribution is -2.29. The predicted octanol–water partition coefficient (Wildman–Crippen LogP) is 8.49. The molecule has 0 aliphatic carbocycles. The summed E-state index contributed by atoms with van der Waals surface area (Å²) in [5, 5.41) is 6.41. The van der Waals surface area contributed by atoms with Crippen LogP contribution in [0.5, 0.6) is 0 Å². The Labute approximate surface area is 271 Å². The highest BCUT2D eigenvalue weighted by atomic mass is 32.2. The zero-order chi connectivity index (χ0) is 32.4. The molecule has 0 unspecified atom stereocenters. The normalized spacial score (nSPS) is 13.3. The fourth-order valence-corrected chi connectivity index (χ4v) is 6.28. The van der Waals surface area contributed by atoms with E-state index in [1.165, 1.54) is 18.6 Å². The maximum absolute atomic E-state index is 13.5. The molecule has 1 aliphatic rings. The van der Waals surface area contributed by atoms with Crippen LogP contribution in [0.4, 0.5) is 30.2 Å². The van der Waals surface area contributed by atoms with Crippen molar-refractivity contribution in [1.82, 2.24) is 4.98 Å². The second-order valence-corrected chi connectivity index (χ2v) is 12.3. The first-order valence-corrected chi connectivity index (χ1v) is 16.6. The summed E-state index contributed by atoms with van der Waals surface area (Å²) < 4.78 is 39.4. The van der Waals surface area contributed by atoms with Gasteiger partial charge in [0.2, 0.25) is 0 Å². The first kappa shape index (κ1) is 33.1. The number of aldehydes is 1. The summed E-state index contributed by atoms with van der Waals surface area (Å²) in [6.07, 6.45) is 2.60. The molecule has 2 N–H and O–H groups in total. The minimum absolute atomic E-state index is 0.234. The summed E-state index contributed by atoms with van der Waals surface area (Å²) in [6.45, 7) is 2.37. The fraction of sp³-hybridized carbons (Fsp3) is 0.306. The van der Waals surface area contributed by atoms with Crippen LogP contribution in [0.1, 0.15) is 52.7 Å². The summed E-state index contributed by atoms with van der Waals surface area (Å²) in [5.74, 6) is 1.21. The van der Waals surface area contributed by atoms with Crippen molar-refractivity contribution in [2.45, 2.75) is 44.0 Å². The Morgan fingerprint density at radius 3 is 2.54 bits per heavy atom. The third-order valence-electron chi connectivity index (χ3n) is 7.84. The molecule has 10 heteroatoms. The molecule has 240 valence electrons.